The number of nitrogens with zero attached hydrogens (tertiary/aromatic N) is 1. The number of para-hydroxylation sites is 1. The minimum Gasteiger partial charge on any atom is -0.467 e. The Kier molecular flexibility index (Phi) is 6.99. The van der Waals surface area contributed by atoms with E-state index in [0.29, 0.717) is 12.8 Å². The molecule has 2 aromatic carbocycles. The third kappa shape index (κ3) is 4.97. The molecular weight excluding hydrogens is 461 g/mol. The number of hydrogen-bond donors (Lipinski definition) is 2. The number of nitrogens with one attached hydrogen (secondary N) is 2. The van der Waals surface area contributed by atoms with Crippen LogP contribution in [0.5, 0.6) is 0 Å². The van der Waals surface area contributed by atoms with Gasteiger partial charge in [0.1, 0.15) is 11.9 Å². The van der Waals surface area contributed by atoms with Gasteiger partial charge in [0, 0.05) is 36.6 Å². The summed E-state index contributed by atoms with van der Waals surface area (Å²) in [5.41, 5.74) is 1.77. The number of methoxy groups -OCH3 is 1. The quantitative estimate of drug-likeness (QED) is 0.498. The number of sulfonamides is 1. The molecular formula is C24H26FN3O5S. The Morgan fingerprint density at radius 3 is 2.68 bits per heavy atom. The molecule has 2 heterocycles. The largest absolute Gasteiger partial charge is 0.467 e. The topological polar surface area (TPSA) is 109 Å². The number of ether oxygens (including phenoxy) is 1. The summed E-state index contributed by atoms with van der Waals surface area (Å²) >= 11 is 0. The molecule has 0 saturated carbocycles. The molecule has 180 valence electrons. The number of hydrogen-bond acceptors (Lipinski definition) is 5. The molecule has 2 atom stereocenters. The van der Waals surface area contributed by atoms with E-state index < -0.39 is 39.7 Å². The molecule has 1 aliphatic heterocycles. The molecule has 0 aliphatic carbocycles. The number of halogens is 1. The van der Waals surface area contributed by atoms with Crippen molar-refractivity contribution < 1.29 is 27.1 Å². The molecule has 1 aliphatic rings. The Morgan fingerprint density at radius 2 is 1.94 bits per heavy atom. The van der Waals surface area contributed by atoms with E-state index in [9.17, 15) is 22.4 Å². The monoisotopic (exact) mass is 487 g/mol. The lowest BCUT2D eigenvalue weighted by atomic mass is 9.97. The number of fused-ring (bicyclic) bond motifs is 1. The Labute approximate surface area is 197 Å². The molecule has 0 radical (unpaired) electrons. The highest BCUT2D eigenvalue weighted by Crippen LogP contribution is 2.25. The maximum Gasteiger partial charge on any atom is 0.328 e. The van der Waals surface area contributed by atoms with Crippen LogP contribution in [-0.2, 0) is 30.8 Å². The van der Waals surface area contributed by atoms with Gasteiger partial charge >= 0.3 is 5.97 Å². The third-order valence-corrected chi connectivity index (χ3v) is 7.99. The minimum atomic E-state index is -3.87. The van der Waals surface area contributed by atoms with Gasteiger partial charge in [-0.2, -0.15) is 4.31 Å². The summed E-state index contributed by atoms with van der Waals surface area (Å²) < 4.78 is 45.3. The molecule has 8 nitrogen and oxygen atoms in total. The number of piperidine rings is 1. The van der Waals surface area contributed by atoms with Crippen molar-refractivity contribution in [1.29, 1.82) is 0 Å². The predicted molar refractivity (Wildman–Crippen MR) is 124 cm³/mol. The number of rotatable bonds is 7. The average molecular weight is 488 g/mol. The van der Waals surface area contributed by atoms with Gasteiger partial charge in [-0.05, 0) is 48.7 Å². The van der Waals surface area contributed by atoms with Crippen LogP contribution >= 0.6 is 0 Å². The molecule has 1 saturated heterocycles. The summed E-state index contributed by atoms with van der Waals surface area (Å²) in [6.45, 7) is 0.242. The molecule has 0 unspecified atom stereocenters. The van der Waals surface area contributed by atoms with E-state index in [2.05, 4.69) is 10.3 Å². The summed E-state index contributed by atoms with van der Waals surface area (Å²) in [4.78, 5) is 28.6. The number of amides is 1. The maximum atomic E-state index is 13.2. The fourth-order valence-corrected chi connectivity index (χ4v) is 5.80. The van der Waals surface area contributed by atoms with E-state index in [1.165, 1.54) is 23.5 Å². The van der Waals surface area contributed by atoms with Gasteiger partial charge in [-0.1, -0.05) is 18.2 Å². The summed E-state index contributed by atoms with van der Waals surface area (Å²) in [5.74, 6) is -2.14. The van der Waals surface area contributed by atoms with Crippen molar-refractivity contribution in [2.45, 2.75) is 30.2 Å². The molecule has 3 aromatic rings. The van der Waals surface area contributed by atoms with Crippen molar-refractivity contribution in [3.63, 3.8) is 0 Å². The van der Waals surface area contributed by atoms with Gasteiger partial charge in [-0.3, -0.25) is 4.79 Å². The van der Waals surface area contributed by atoms with Gasteiger partial charge in [0.05, 0.1) is 17.9 Å². The van der Waals surface area contributed by atoms with Crippen molar-refractivity contribution in [3.05, 3.63) is 66.1 Å². The van der Waals surface area contributed by atoms with Crippen molar-refractivity contribution in [1.82, 2.24) is 14.6 Å². The highest BCUT2D eigenvalue weighted by molar-refractivity contribution is 7.89. The Balaban J connectivity index is 1.48. The summed E-state index contributed by atoms with van der Waals surface area (Å²) in [7, 11) is -2.61. The van der Waals surface area contributed by atoms with Crippen molar-refractivity contribution in [2.75, 3.05) is 20.2 Å². The standard InChI is InChI=1S/C24H26FN3O5S/c1-33-24(30)22(13-17-14-26-21-7-3-2-6-20(17)21)27-23(29)16-5-4-12-28(15-16)34(31,32)19-10-8-18(25)9-11-19/h2-3,6-11,14,16,22,26H,4-5,12-13,15H2,1H3,(H,27,29)/t16-,22+/m0/s1. The zero-order chi connectivity index (χ0) is 24.3. The SMILES string of the molecule is COC(=O)[C@@H](Cc1c[nH]c2ccccc12)NC(=O)[C@H]1CCCN(S(=O)(=O)c2ccc(F)cc2)C1. The second-order valence-corrected chi connectivity index (χ2v) is 10.2. The van der Waals surface area contributed by atoms with Gasteiger partial charge < -0.3 is 15.0 Å². The first-order chi connectivity index (χ1) is 16.3. The van der Waals surface area contributed by atoms with Crippen LogP contribution in [0.3, 0.4) is 0 Å². The molecule has 4 rings (SSSR count). The molecule has 0 spiro atoms. The van der Waals surface area contributed by atoms with E-state index in [1.807, 2.05) is 24.3 Å². The van der Waals surface area contributed by atoms with Crippen molar-refractivity contribution in [2.24, 2.45) is 5.92 Å². The van der Waals surface area contributed by atoms with E-state index in [4.69, 9.17) is 4.74 Å². The number of benzene rings is 2. The molecule has 10 heteroatoms. The zero-order valence-corrected chi connectivity index (χ0v) is 19.5. The molecule has 1 fully saturated rings. The van der Waals surface area contributed by atoms with E-state index >= 15 is 0 Å². The smallest absolute Gasteiger partial charge is 0.328 e. The molecule has 1 aromatic heterocycles. The maximum absolute atomic E-state index is 13.2. The van der Waals surface area contributed by atoms with Crippen LogP contribution in [0.2, 0.25) is 0 Å². The van der Waals surface area contributed by atoms with E-state index in [1.54, 1.807) is 6.20 Å². The fraction of sp³-hybridized carbons (Fsp3) is 0.333. The lowest BCUT2D eigenvalue weighted by molar-refractivity contribution is -0.145. The van der Waals surface area contributed by atoms with Crippen LogP contribution in [0.25, 0.3) is 10.9 Å². The van der Waals surface area contributed by atoms with Crippen LogP contribution in [0.15, 0.2) is 59.6 Å². The number of aromatic nitrogens is 1. The Bertz CT molecular complexity index is 1290. The van der Waals surface area contributed by atoms with Crippen molar-refractivity contribution >= 4 is 32.8 Å². The van der Waals surface area contributed by atoms with Crippen LogP contribution < -0.4 is 5.32 Å². The number of carbonyl (C=O) groups is 2. The van der Waals surface area contributed by atoms with Gasteiger partial charge in [-0.15, -0.1) is 0 Å². The lowest BCUT2D eigenvalue weighted by Gasteiger charge is -2.32. The second-order valence-electron chi connectivity index (χ2n) is 8.30. The number of esters is 1. The van der Waals surface area contributed by atoms with E-state index in [0.717, 1.165) is 28.6 Å². The first-order valence-corrected chi connectivity index (χ1v) is 12.4. The first-order valence-electron chi connectivity index (χ1n) is 11.0. The summed E-state index contributed by atoms with van der Waals surface area (Å²) in [6.07, 6.45) is 3.00. The van der Waals surface area contributed by atoms with Crippen LogP contribution in [-0.4, -0.2) is 55.8 Å². The number of aromatic amines is 1. The number of carbonyl (C=O) groups excluding carboxylic acids is 2. The van der Waals surface area contributed by atoms with Crippen LogP contribution in [0.4, 0.5) is 4.39 Å². The normalized spacial score (nSPS) is 17.9. The average Bonchev–Trinajstić information content (AvgIpc) is 3.26. The highest BCUT2D eigenvalue weighted by Gasteiger charge is 2.35. The fourth-order valence-electron chi connectivity index (χ4n) is 4.28. The Hall–Kier alpha value is -3.24. The van der Waals surface area contributed by atoms with Crippen LogP contribution in [0, 0.1) is 11.7 Å². The predicted octanol–water partition coefficient (Wildman–Crippen LogP) is 2.61. The van der Waals surface area contributed by atoms with Crippen molar-refractivity contribution in [3.8, 4) is 0 Å². The third-order valence-electron chi connectivity index (χ3n) is 6.11. The second kappa shape index (κ2) is 9.94. The molecule has 0 bridgehead atoms. The van der Waals surface area contributed by atoms with Gasteiger partial charge in [0.15, 0.2) is 0 Å². The summed E-state index contributed by atoms with van der Waals surface area (Å²) in [6, 6.07) is 11.3. The molecule has 2 N–H and O–H groups in total. The van der Waals surface area contributed by atoms with Crippen LogP contribution in [0.1, 0.15) is 18.4 Å². The minimum absolute atomic E-state index is 0.0213. The first kappa shape index (κ1) is 23.9. The highest BCUT2D eigenvalue weighted by atomic mass is 32.2. The Morgan fingerprint density at radius 1 is 1.21 bits per heavy atom. The van der Waals surface area contributed by atoms with E-state index in [-0.39, 0.29) is 24.4 Å². The lowest BCUT2D eigenvalue weighted by Crippen LogP contribution is -2.50. The van der Waals surface area contributed by atoms with Gasteiger partial charge in [-0.25, -0.2) is 17.6 Å². The van der Waals surface area contributed by atoms with Gasteiger partial charge in [0.2, 0.25) is 15.9 Å². The molecule has 1 amide bonds. The number of H-pyrrole nitrogens is 1. The molecule has 34 heavy (non-hydrogen) atoms. The summed E-state index contributed by atoms with van der Waals surface area (Å²) in [5, 5.41) is 3.71. The van der Waals surface area contributed by atoms with Gasteiger partial charge in [0.25, 0.3) is 0 Å². The zero-order valence-electron chi connectivity index (χ0n) is 18.7.